The first-order valence-corrected chi connectivity index (χ1v) is 10.9. The van der Waals surface area contributed by atoms with Gasteiger partial charge in [-0.05, 0) is 26.0 Å². The summed E-state index contributed by atoms with van der Waals surface area (Å²) in [5, 5.41) is 1.02. The number of morpholine rings is 1. The molecular formula is C21H25Cl2N5O3. The zero-order chi connectivity index (χ0) is 22.4. The Kier molecular flexibility index (Phi) is 6.00. The van der Waals surface area contributed by atoms with Crippen molar-refractivity contribution < 1.29 is 4.74 Å². The second-order valence-electron chi connectivity index (χ2n) is 8.14. The average Bonchev–Trinajstić information content (AvgIpc) is 3.05. The minimum atomic E-state index is -0.418. The van der Waals surface area contributed by atoms with Crippen molar-refractivity contribution in [3.8, 4) is 0 Å². The molecule has 2 atom stereocenters. The SMILES string of the molecule is CC1CN(Cc2nc3c(c(=O)n(C)c(=O)n3C)n2Cc2c(Cl)cccc2Cl)CC(C)O1. The molecule has 0 spiro atoms. The maximum Gasteiger partial charge on any atom is 0.332 e. The van der Waals surface area contributed by atoms with Crippen molar-refractivity contribution in [2.45, 2.75) is 39.1 Å². The van der Waals surface area contributed by atoms with Gasteiger partial charge >= 0.3 is 5.69 Å². The van der Waals surface area contributed by atoms with Crippen molar-refractivity contribution in [1.29, 1.82) is 0 Å². The van der Waals surface area contributed by atoms with E-state index >= 15 is 0 Å². The number of aromatic nitrogens is 4. The van der Waals surface area contributed by atoms with Gasteiger partial charge in [0.05, 0.1) is 25.3 Å². The molecule has 10 heteroatoms. The third kappa shape index (κ3) is 4.05. The van der Waals surface area contributed by atoms with Gasteiger partial charge in [-0.1, -0.05) is 29.3 Å². The van der Waals surface area contributed by atoms with E-state index in [1.807, 2.05) is 18.4 Å². The van der Waals surface area contributed by atoms with Crippen molar-refractivity contribution in [3.05, 3.63) is 60.5 Å². The van der Waals surface area contributed by atoms with Crippen LogP contribution < -0.4 is 11.2 Å². The van der Waals surface area contributed by atoms with E-state index < -0.39 is 11.2 Å². The van der Waals surface area contributed by atoms with Gasteiger partial charge in [-0.3, -0.25) is 18.8 Å². The highest BCUT2D eigenvalue weighted by atomic mass is 35.5. The minimum absolute atomic E-state index is 0.0943. The molecule has 2 aromatic heterocycles. The van der Waals surface area contributed by atoms with Gasteiger partial charge in [0, 0.05) is 42.8 Å². The Morgan fingerprint density at radius 2 is 1.65 bits per heavy atom. The molecule has 1 aliphatic heterocycles. The first kappa shape index (κ1) is 22.1. The van der Waals surface area contributed by atoms with Crippen LogP contribution in [0.3, 0.4) is 0 Å². The number of imidazole rings is 1. The number of fused-ring (bicyclic) bond motifs is 1. The summed E-state index contributed by atoms with van der Waals surface area (Å²) in [5.41, 5.74) is 0.582. The van der Waals surface area contributed by atoms with Gasteiger partial charge in [-0.2, -0.15) is 0 Å². The lowest BCUT2D eigenvalue weighted by atomic mass is 10.2. The number of benzene rings is 1. The lowest BCUT2D eigenvalue weighted by Gasteiger charge is -2.35. The largest absolute Gasteiger partial charge is 0.373 e. The molecule has 0 saturated carbocycles. The van der Waals surface area contributed by atoms with Gasteiger partial charge in [0.15, 0.2) is 11.2 Å². The van der Waals surface area contributed by atoms with Crippen LogP contribution in [-0.4, -0.2) is 48.9 Å². The molecule has 4 rings (SSSR count). The Morgan fingerprint density at radius 1 is 1.03 bits per heavy atom. The van der Waals surface area contributed by atoms with Crippen molar-refractivity contribution in [3.63, 3.8) is 0 Å². The minimum Gasteiger partial charge on any atom is -0.373 e. The lowest BCUT2D eigenvalue weighted by molar-refractivity contribution is -0.0712. The second-order valence-corrected chi connectivity index (χ2v) is 8.96. The number of hydrogen-bond acceptors (Lipinski definition) is 5. The van der Waals surface area contributed by atoms with Crippen molar-refractivity contribution >= 4 is 34.4 Å². The summed E-state index contributed by atoms with van der Waals surface area (Å²) in [4.78, 5) is 32.5. The fourth-order valence-corrected chi connectivity index (χ4v) is 4.75. The number of halogens is 2. The molecule has 1 saturated heterocycles. The summed E-state index contributed by atoms with van der Waals surface area (Å²) in [5.74, 6) is 0.672. The first-order chi connectivity index (χ1) is 14.7. The molecule has 31 heavy (non-hydrogen) atoms. The van der Waals surface area contributed by atoms with Crippen LogP contribution in [0.5, 0.6) is 0 Å². The highest BCUT2D eigenvalue weighted by molar-refractivity contribution is 6.36. The van der Waals surface area contributed by atoms with Crippen LogP contribution in [0.25, 0.3) is 11.2 Å². The van der Waals surface area contributed by atoms with Crippen LogP contribution in [0.15, 0.2) is 27.8 Å². The zero-order valence-corrected chi connectivity index (χ0v) is 19.4. The van der Waals surface area contributed by atoms with E-state index in [4.69, 9.17) is 32.9 Å². The van der Waals surface area contributed by atoms with E-state index in [0.29, 0.717) is 39.1 Å². The van der Waals surface area contributed by atoms with E-state index in [1.54, 1.807) is 25.2 Å². The average molecular weight is 466 g/mol. The Hall–Kier alpha value is -2.13. The number of aryl methyl sites for hydroxylation is 1. The van der Waals surface area contributed by atoms with E-state index in [9.17, 15) is 9.59 Å². The van der Waals surface area contributed by atoms with Gasteiger partial charge in [0.25, 0.3) is 5.56 Å². The molecule has 0 bridgehead atoms. The third-order valence-electron chi connectivity index (χ3n) is 5.67. The summed E-state index contributed by atoms with van der Waals surface area (Å²) < 4.78 is 10.2. The second kappa shape index (κ2) is 8.43. The van der Waals surface area contributed by atoms with Crippen LogP contribution in [-0.2, 0) is 31.9 Å². The maximum absolute atomic E-state index is 13.1. The standard InChI is InChI=1S/C21H25Cl2N5O3/c1-12-8-27(9-13(2)31-12)11-17-24-19-18(20(29)26(4)21(30)25(19)3)28(17)10-14-15(22)6-5-7-16(14)23/h5-7,12-13H,8-11H2,1-4H3. The van der Waals surface area contributed by atoms with Crippen molar-refractivity contribution in [2.24, 2.45) is 14.1 Å². The normalized spacial score (nSPS) is 19.9. The predicted octanol–water partition coefficient (Wildman–Crippen LogP) is 2.40. The molecule has 0 radical (unpaired) electrons. The Labute approximate surface area is 189 Å². The highest BCUT2D eigenvalue weighted by Crippen LogP contribution is 2.27. The molecule has 1 aromatic carbocycles. The monoisotopic (exact) mass is 465 g/mol. The molecule has 1 aliphatic rings. The molecule has 166 valence electrons. The number of hydrogen-bond donors (Lipinski definition) is 0. The third-order valence-corrected chi connectivity index (χ3v) is 6.37. The summed E-state index contributed by atoms with van der Waals surface area (Å²) in [7, 11) is 3.08. The zero-order valence-electron chi connectivity index (χ0n) is 17.9. The van der Waals surface area contributed by atoms with Crippen LogP contribution >= 0.6 is 23.2 Å². The van der Waals surface area contributed by atoms with E-state index in [1.165, 1.54) is 11.6 Å². The molecule has 3 heterocycles. The van der Waals surface area contributed by atoms with Gasteiger partial charge in [-0.25, -0.2) is 9.78 Å². The summed E-state index contributed by atoms with van der Waals surface area (Å²) in [6.07, 6.45) is 0.189. The Bertz CT molecular complexity index is 1230. The van der Waals surface area contributed by atoms with Crippen LogP contribution in [0.1, 0.15) is 25.2 Å². The summed E-state index contributed by atoms with van der Waals surface area (Å²) >= 11 is 12.8. The topological polar surface area (TPSA) is 74.3 Å². The fourth-order valence-electron chi connectivity index (χ4n) is 4.24. The molecule has 2 unspecified atom stereocenters. The van der Waals surface area contributed by atoms with Crippen LogP contribution in [0, 0.1) is 0 Å². The summed E-state index contributed by atoms with van der Waals surface area (Å²) in [6, 6.07) is 5.31. The Morgan fingerprint density at radius 3 is 2.26 bits per heavy atom. The maximum atomic E-state index is 13.1. The van der Waals surface area contributed by atoms with E-state index in [2.05, 4.69) is 4.90 Å². The smallest absolute Gasteiger partial charge is 0.332 e. The molecular weight excluding hydrogens is 441 g/mol. The molecule has 8 nitrogen and oxygen atoms in total. The number of ether oxygens (including phenoxy) is 1. The molecule has 0 N–H and O–H groups in total. The van der Waals surface area contributed by atoms with Crippen LogP contribution in [0.4, 0.5) is 0 Å². The predicted molar refractivity (Wildman–Crippen MR) is 121 cm³/mol. The van der Waals surface area contributed by atoms with Gasteiger partial charge in [0.1, 0.15) is 5.82 Å². The highest BCUT2D eigenvalue weighted by Gasteiger charge is 2.26. The lowest BCUT2D eigenvalue weighted by Crippen LogP contribution is -2.45. The molecule has 0 aliphatic carbocycles. The molecule has 1 fully saturated rings. The Balaban J connectivity index is 1.89. The molecule has 0 amide bonds. The van der Waals surface area contributed by atoms with Gasteiger partial charge in [0.2, 0.25) is 0 Å². The number of nitrogens with zero attached hydrogens (tertiary/aromatic N) is 5. The van der Waals surface area contributed by atoms with E-state index in [0.717, 1.165) is 17.7 Å². The quantitative estimate of drug-likeness (QED) is 0.591. The van der Waals surface area contributed by atoms with Crippen LogP contribution in [0.2, 0.25) is 10.0 Å². The fraction of sp³-hybridized carbons (Fsp3) is 0.476. The van der Waals surface area contributed by atoms with Crippen molar-refractivity contribution in [1.82, 2.24) is 23.6 Å². The van der Waals surface area contributed by atoms with E-state index in [-0.39, 0.29) is 18.8 Å². The number of rotatable bonds is 4. The van der Waals surface area contributed by atoms with Gasteiger partial charge < -0.3 is 9.30 Å². The molecule has 3 aromatic rings. The first-order valence-electron chi connectivity index (χ1n) is 10.1. The summed E-state index contributed by atoms with van der Waals surface area (Å²) in [6.45, 7) is 6.34. The van der Waals surface area contributed by atoms with Gasteiger partial charge in [-0.15, -0.1) is 0 Å². The van der Waals surface area contributed by atoms with Crippen molar-refractivity contribution in [2.75, 3.05) is 13.1 Å².